The van der Waals surface area contributed by atoms with E-state index in [1.165, 1.54) is 0 Å². The molecule has 6 heteroatoms. The van der Waals surface area contributed by atoms with Crippen molar-refractivity contribution in [1.82, 2.24) is 15.1 Å². The van der Waals surface area contributed by atoms with Crippen molar-refractivity contribution in [2.75, 3.05) is 13.2 Å². The van der Waals surface area contributed by atoms with Gasteiger partial charge in [-0.1, -0.05) is 15.9 Å². The smallest absolute Gasteiger partial charge is 0.234 e. The Morgan fingerprint density at radius 1 is 1.41 bits per heavy atom. The number of hydrogen-bond acceptors (Lipinski definition) is 3. The predicted octanol–water partition coefficient (Wildman–Crippen LogP) is 3.01. The summed E-state index contributed by atoms with van der Waals surface area (Å²) in [5.41, 5.74) is 1.99. The summed E-state index contributed by atoms with van der Waals surface area (Å²) in [6.07, 6.45) is 3.74. The minimum Gasteiger partial charge on any atom is -0.492 e. The molecule has 0 radical (unpaired) electrons. The number of amides is 1. The van der Waals surface area contributed by atoms with Gasteiger partial charge in [0.25, 0.3) is 0 Å². The number of aromatic nitrogens is 2. The summed E-state index contributed by atoms with van der Waals surface area (Å²) in [7, 11) is 0. The summed E-state index contributed by atoms with van der Waals surface area (Å²) in [6.45, 7) is 1.22. The molecule has 0 bridgehead atoms. The third kappa shape index (κ3) is 2.22. The summed E-state index contributed by atoms with van der Waals surface area (Å²) in [5, 5.41) is 7.01. The van der Waals surface area contributed by atoms with Crippen molar-refractivity contribution in [3.05, 3.63) is 46.2 Å². The summed E-state index contributed by atoms with van der Waals surface area (Å²) in [5.74, 6) is 0.754. The summed E-state index contributed by atoms with van der Waals surface area (Å²) in [6, 6.07) is 7.90. The van der Waals surface area contributed by atoms with Gasteiger partial charge in [-0.15, -0.1) is 0 Å². The second-order valence-corrected chi connectivity index (χ2v) is 6.66. The molecular formula is C16H16BrN3O2. The molecule has 5 nitrogen and oxygen atoms in total. The quantitative estimate of drug-likeness (QED) is 0.894. The summed E-state index contributed by atoms with van der Waals surface area (Å²) >= 11 is 3.47. The minimum absolute atomic E-state index is 0.103. The van der Waals surface area contributed by atoms with Crippen LogP contribution in [0.4, 0.5) is 0 Å². The Labute approximate surface area is 136 Å². The van der Waals surface area contributed by atoms with E-state index in [-0.39, 0.29) is 17.9 Å². The first-order chi connectivity index (χ1) is 10.7. The number of benzene rings is 1. The van der Waals surface area contributed by atoms with Crippen LogP contribution in [0.3, 0.4) is 0 Å². The lowest BCUT2D eigenvalue weighted by Crippen LogP contribution is -2.35. The van der Waals surface area contributed by atoms with Gasteiger partial charge >= 0.3 is 0 Å². The zero-order chi connectivity index (χ0) is 15.1. The van der Waals surface area contributed by atoms with Crippen LogP contribution >= 0.6 is 15.9 Å². The Morgan fingerprint density at radius 2 is 2.32 bits per heavy atom. The first-order valence-corrected chi connectivity index (χ1v) is 8.25. The number of nitrogens with one attached hydrogen (secondary N) is 1. The van der Waals surface area contributed by atoms with Crippen LogP contribution in [0, 0.1) is 0 Å². The van der Waals surface area contributed by atoms with Crippen LogP contribution in [0.2, 0.25) is 0 Å². The Hall–Kier alpha value is -1.82. The highest BCUT2D eigenvalue weighted by Crippen LogP contribution is 2.40. The van der Waals surface area contributed by atoms with E-state index in [4.69, 9.17) is 4.74 Å². The van der Waals surface area contributed by atoms with E-state index in [1.807, 2.05) is 29.2 Å². The number of nitrogens with zero attached hydrogens (tertiary/aromatic N) is 2. The fourth-order valence-corrected chi connectivity index (χ4v) is 3.78. The van der Waals surface area contributed by atoms with Gasteiger partial charge in [0.1, 0.15) is 18.3 Å². The lowest BCUT2D eigenvalue weighted by molar-refractivity contribution is -0.134. The Morgan fingerprint density at radius 3 is 3.14 bits per heavy atom. The molecule has 1 saturated heterocycles. The fraction of sp³-hybridized carbons (Fsp3) is 0.375. The number of carbonyl (C=O) groups excluding carboxylic acids is 1. The van der Waals surface area contributed by atoms with E-state index in [2.05, 4.69) is 26.1 Å². The first kappa shape index (κ1) is 13.8. The minimum atomic E-state index is -0.212. The molecule has 2 atom stereocenters. The largest absolute Gasteiger partial charge is 0.492 e. The molecule has 1 N–H and O–H groups in total. The van der Waals surface area contributed by atoms with Gasteiger partial charge < -0.3 is 9.64 Å². The Kier molecular flexibility index (Phi) is 3.41. The van der Waals surface area contributed by atoms with Gasteiger partial charge in [0.15, 0.2) is 0 Å². The molecule has 0 aliphatic carbocycles. The zero-order valence-corrected chi connectivity index (χ0v) is 13.5. The Bertz CT molecular complexity index is 701. The Balaban J connectivity index is 1.62. The number of aromatic amines is 1. The van der Waals surface area contributed by atoms with Crippen LogP contribution in [0.25, 0.3) is 0 Å². The van der Waals surface area contributed by atoms with Crippen molar-refractivity contribution in [3.63, 3.8) is 0 Å². The van der Waals surface area contributed by atoms with Gasteiger partial charge in [0.05, 0.1) is 11.7 Å². The number of halogens is 1. The maximum atomic E-state index is 13.0. The number of rotatable bonds is 2. The molecule has 3 heterocycles. The monoisotopic (exact) mass is 361 g/mol. The third-order valence-corrected chi connectivity index (χ3v) is 4.96. The lowest BCUT2D eigenvalue weighted by Gasteiger charge is -2.26. The van der Waals surface area contributed by atoms with Crippen molar-refractivity contribution >= 4 is 21.8 Å². The fourth-order valence-electron chi connectivity index (χ4n) is 3.40. The molecule has 2 unspecified atom stereocenters. The number of fused-ring (bicyclic) bond motifs is 1. The average molecular weight is 362 g/mol. The van der Waals surface area contributed by atoms with E-state index in [0.717, 1.165) is 40.9 Å². The molecule has 1 fully saturated rings. The molecule has 1 amide bonds. The van der Waals surface area contributed by atoms with Crippen molar-refractivity contribution in [2.24, 2.45) is 0 Å². The second kappa shape index (κ2) is 5.43. The number of carbonyl (C=O) groups is 1. The molecule has 2 aliphatic rings. The molecule has 1 aromatic heterocycles. The zero-order valence-electron chi connectivity index (χ0n) is 12.0. The van der Waals surface area contributed by atoms with Crippen LogP contribution < -0.4 is 4.74 Å². The van der Waals surface area contributed by atoms with Gasteiger partial charge in [-0.3, -0.25) is 9.89 Å². The SMILES string of the molecule is O=C(C1COc2ccc(Br)cc21)N1CCCC1c1ccn[nH]1. The topological polar surface area (TPSA) is 58.2 Å². The molecule has 114 valence electrons. The van der Waals surface area contributed by atoms with E-state index < -0.39 is 0 Å². The highest BCUT2D eigenvalue weighted by molar-refractivity contribution is 9.10. The van der Waals surface area contributed by atoms with Crippen molar-refractivity contribution in [3.8, 4) is 5.75 Å². The summed E-state index contributed by atoms with van der Waals surface area (Å²) in [4.78, 5) is 15.0. The van der Waals surface area contributed by atoms with Crippen molar-refractivity contribution in [2.45, 2.75) is 24.8 Å². The van der Waals surface area contributed by atoms with Crippen LogP contribution in [-0.2, 0) is 4.79 Å². The number of hydrogen-bond donors (Lipinski definition) is 1. The maximum Gasteiger partial charge on any atom is 0.234 e. The van der Waals surface area contributed by atoms with Crippen LogP contribution in [0.5, 0.6) is 5.75 Å². The molecule has 22 heavy (non-hydrogen) atoms. The highest BCUT2D eigenvalue weighted by atomic mass is 79.9. The van der Waals surface area contributed by atoms with Crippen molar-refractivity contribution in [1.29, 1.82) is 0 Å². The standard InChI is InChI=1S/C16H16BrN3O2/c17-10-3-4-15-11(8-10)12(9-22-15)16(21)20-7-1-2-14(20)13-5-6-18-19-13/h3-6,8,12,14H,1-2,7,9H2,(H,18,19). The number of ether oxygens (including phenoxy) is 1. The second-order valence-electron chi connectivity index (χ2n) is 5.75. The molecule has 2 aromatic rings. The molecule has 4 rings (SSSR count). The van der Waals surface area contributed by atoms with Crippen LogP contribution in [0.1, 0.15) is 36.1 Å². The number of likely N-dealkylation sites (tertiary alicyclic amines) is 1. The van der Waals surface area contributed by atoms with Gasteiger partial charge in [-0.05, 0) is 37.1 Å². The van der Waals surface area contributed by atoms with Gasteiger partial charge in [-0.2, -0.15) is 5.10 Å². The van der Waals surface area contributed by atoms with Gasteiger partial charge in [0, 0.05) is 22.8 Å². The van der Waals surface area contributed by atoms with Crippen LogP contribution in [-0.4, -0.2) is 34.2 Å². The van der Waals surface area contributed by atoms with Gasteiger partial charge in [-0.25, -0.2) is 0 Å². The van der Waals surface area contributed by atoms with Gasteiger partial charge in [0.2, 0.25) is 5.91 Å². The molecule has 0 spiro atoms. The average Bonchev–Trinajstić information content (AvgIpc) is 3.25. The highest BCUT2D eigenvalue weighted by Gasteiger charge is 2.38. The van der Waals surface area contributed by atoms with Crippen molar-refractivity contribution < 1.29 is 9.53 Å². The normalized spacial score (nSPS) is 23.4. The van der Waals surface area contributed by atoms with E-state index >= 15 is 0 Å². The molecule has 1 aromatic carbocycles. The predicted molar refractivity (Wildman–Crippen MR) is 84.7 cm³/mol. The molecule has 0 saturated carbocycles. The first-order valence-electron chi connectivity index (χ1n) is 7.46. The van der Waals surface area contributed by atoms with E-state index in [9.17, 15) is 4.79 Å². The number of H-pyrrole nitrogens is 1. The molecule has 2 aliphatic heterocycles. The summed E-state index contributed by atoms with van der Waals surface area (Å²) < 4.78 is 6.66. The van der Waals surface area contributed by atoms with E-state index in [0.29, 0.717) is 6.61 Å². The van der Waals surface area contributed by atoms with Crippen LogP contribution in [0.15, 0.2) is 34.9 Å². The molecular weight excluding hydrogens is 346 g/mol. The lowest BCUT2D eigenvalue weighted by atomic mass is 9.99. The van der Waals surface area contributed by atoms with E-state index in [1.54, 1.807) is 6.20 Å². The third-order valence-electron chi connectivity index (χ3n) is 4.47. The maximum absolute atomic E-state index is 13.0.